The number of hydrogen-bond donors (Lipinski definition) is 1. The number of anilines is 1. The maximum Gasteiger partial charge on any atom is 0.128 e. The van der Waals surface area contributed by atoms with Crippen molar-refractivity contribution in [1.82, 2.24) is 0 Å². The molecule has 122 valence electrons. The van der Waals surface area contributed by atoms with Gasteiger partial charge in [0.1, 0.15) is 12.3 Å². The zero-order valence-electron chi connectivity index (χ0n) is 13.6. The normalized spacial score (nSPS) is 15.7. The first-order chi connectivity index (χ1) is 11.3. The zero-order valence-corrected chi connectivity index (χ0v) is 14.4. The SMILES string of the molecule is CCOc1ccccc1C[NH+]1CCN(c2cccc(Cl)c2)CC1. The first-order valence-corrected chi connectivity index (χ1v) is 8.69. The van der Waals surface area contributed by atoms with Crippen LogP contribution in [0.15, 0.2) is 48.5 Å². The van der Waals surface area contributed by atoms with Gasteiger partial charge in [-0.1, -0.05) is 29.8 Å². The fourth-order valence-electron chi connectivity index (χ4n) is 3.15. The average molecular weight is 332 g/mol. The number of nitrogens with zero attached hydrogens (tertiary/aromatic N) is 1. The Hall–Kier alpha value is -1.71. The Labute approximate surface area is 143 Å². The quantitative estimate of drug-likeness (QED) is 0.907. The molecule has 0 atom stereocenters. The molecular weight excluding hydrogens is 308 g/mol. The summed E-state index contributed by atoms with van der Waals surface area (Å²) < 4.78 is 5.74. The van der Waals surface area contributed by atoms with E-state index in [-0.39, 0.29) is 0 Å². The second kappa shape index (κ2) is 7.71. The van der Waals surface area contributed by atoms with Crippen LogP contribution >= 0.6 is 11.6 Å². The van der Waals surface area contributed by atoms with E-state index in [4.69, 9.17) is 16.3 Å². The fraction of sp³-hybridized carbons (Fsp3) is 0.368. The Morgan fingerprint density at radius 1 is 1.09 bits per heavy atom. The minimum Gasteiger partial charge on any atom is -0.493 e. The highest BCUT2D eigenvalue weighted by Gasteiger charge is 2.21. The third kappa shape index (κ3) is 4.18. The summed E-state index contributed by atoms with van der Waals surface area (Å²) >= 11 is 6.10. The Balaban J connectivity index is 1.59. The smallest absolute Gasteiger partial charge is 0.128 e. The topological polar surface area (TPSA) is 16.9 Å². The molecule has 1 heterocycles. The molecule has 0 unspecified atom stereocenters. The Morgan fingerprint density at radius 3 is 2.61 bits per heavy atom. The predicted molar refractivity (Wildman–Crippen MR) is 95.7 cm³/mol. The lowest BCUT2D eigenvalue weighted by Gasteiger charge is -2.34. The molecule has 2 aromatic carbocycles. The first-order valence-electron chi connectivity index (χ1n) is 8.31. The number of piperazine rings is 1. The molecule has 0 spiro atoms. The molecule has 0 aromatic heterocycles. The molecule has 0 aliphatic carbocycles. The van der Waals surface area contributed by atoms with Crippen molar-refractivity contribution in [2.45, 2.75) is 13.5 Å². The van der Waals surface area contributed by atoms with Crippen molar-refractivity contribution in [2.24, 2.45) is 0 Å². The number of quaternary nitrogens is 1. The molecular formula is C19H24ClN2O+. The Kier molecular flexibility index (Phi) is 5.42. The summed E-state index contributed by atoms with van der Waals surface area (Å²) in [5, 5.41) is 0.808. The zero-order chi connectivity index (χ0) is 16.1. The van der Waals surface area contributed by atoms with Crippen molar-refractivity contribution in [2.75, 3.05) is 37.7 Å². The van der Waals surface area contributed by atoms with Crippen LogP contribution in [0.25, 0.3) is 0 Å². The van der Waals surface area contributed by atoms with Crippen molar-refractivity contribution in [3.8, 4) is 5.75 Å². The molecule has 3 nitrogen and oxygen atoms in total. The molecule has 23 heavy (non-hydrogen) atoms. The van der Waals surface area contributed by atoms with Crippen LogP contribution in [0.2, 0.25) is 5.02 Å². The summed E-state index contributed by atoms with van der Waals surface area (Å²) in [5.74, 6) is 1.03. The van der Waals surface area contributed by atoms with E-state index in [1.165, 1.54) is 11.3 Å². The maximum absolute atomic E-state index is 6.10. The third-order valence-corrected chi connectivity index (χ3v) is 4.59. The van der Waals surface area contributed by atoms with Crippen molar-refractivity contribution in [3.05, 3.63) is 59.1 Å². The molecule has 2 aromatic rings. The van der Waals surface area contributed by atoms with E-state index in [0.29, 0.717) is 0 Å². The van der Waals surface area contributed by atoms with Crippen LogP contribution in [0.4, 0.5) is 5.69 Å². The molecule has 1 saturated heterocycles. The van der Waals surface area contributed by atoms with Crippen LogP contribution in [0.1, 0.15) is 12.5 Å². The number of ether oxygens (including phenoxy) is 1. The van der Waals surface area contributed by atoms with Gasteiger partial charge in [0.05, 0.1) is 32.8 Å². The highest BCUT2D eigenvalue weighted by atomic mass is 35.5. The Bertz CT molecular complexity index is 639. The highest BCUT2D eigenvalue weighted by Crippen LogP contribution is 2.20. The molecule has 1 aliphatic rings. The fourth-order valence-corrected chi connectivity index (χ4v) is 3.33. The van der Waals surface area contributed by atoms with Gasteiger partial charge in [0, 0.05) is 16.3 Å². The summed E-state index contributed by atoms with van der Waals surface area (Å²) in [6.45, 7) is 8.17. The molecule has 3 rings (SSSR count). The summed E-state index contributed by atoms with van der Waals surface area (Å²) in [4.78, 5) is 4.03. The average Bonchev–Trinajstić information content (AvgIpc) is 2.58. The second-order valence-electron chi connectivity index (χ2n) is 5.93. The van der Waals surface area contributed by atoms with Crippen LogP contribution in [0.5, 0.6) is 5.75 Å². The lowest BCUT2D eigenvalue weighted by molar-refractivity contribution is -0.914. The molecule has 4 heteroatoms. The van der Waals surface area contributed by atoms with Gasteiger partial charge in [-0.15, -0.1) is 0 Å². The monoisotopic (exact) mass is 331 g/mol. The minimum atomic E-state index is 0.717. The van der Waals surface area contributed by atoms with Gasteiger partial charge in [-0.25, -0.2) is 0 Å². The standard InChI is InChI=1S/C19H23ClN2O/c1-2-23-19-9-4-3-6-16(19)15-21-10-12-22(13-11-21)18-8-5-7-17(20)14-18/h3-9,14H,2,10-13,15H2,1H3/p+1. The number of nitrogens with one attached hydrogen (secondary N) is 1. The molecule has 0 bridgehead atoms. The van der Waals surface area contributed by atoms with Gasteiger partial charge in [0.25, 0.3) is 0 Å². The molecule has 0 saturated carbocycles. The van der Waals surface area contributed by atoms with E-state index in [1.807, 2.05) is 25.1 Å². The predicted octanol–water partition coefficient (Wildman–Crippen LogP) is 2.64. The lowest BCUT2D eigenvalue weighted by atomic mass is 10.1. The van der Waals surface area contributed by atoms with Crippen LogP contribution in [-0.4, -0.2) is 32.8 Å². The maximum atomic E-state index is 6.10. The minimum absolute atomic E-state index is 0.717. The van der Waals surface area contributed by atoms with Gasteiger partial charge in [0.2, 0.25) is 0 Å². The van der Waals surface area contributed by atoms with Crippen LogP contribution in [0, 0.1) is 0 Å². The van der Waals surface area contributed by atoms with Crippen LogP contribution in [0.3, 0.4) is 0 Å². The largest absolute Gasteiger partial charge is 0.493 e. The van der Waals surface area contributed by atoms with E-state index >= 15 is 0 Å². The summed E-state index contributed by atoms with van der Waals surface area (Å²) in [6.07, 6.45) is 0. The van der Waals surface area contributed by atoms with Crippen molar-refractivity contribution in [3.63, 3.8) is 0 Å². The van der Waals surface area contributed by atoms with Crippen molar-refractivity contribution in [1.29, 1.82) is 0 Å². The van der Waals surface area contributed by atoms with Gasteiger partial charge in [-0.05, 0) is 37.3 Å². The number of halogens is 1. The summed E-state index contributed by atoms with van der Waals surface area (Å²) in [6, 6.07) is 16.5. The third-order valence-electron chi connectivity index (χ3n) is 4.36. The van der Waals surface area contributed by atoms with E-state index in [0.717, 1.165) is 50.1 Å². The van der Waals surface area contributed by atoms with Crippen molar-refractivity contribution >= 4 is 17.3 Å². The lowest BCUT2D eigenvalue weighted by Crippen LogP contribution is -3.13. The van der Waals surface area contributed by atoms with Crippen LogP contribution in [-0.2, 0) is 6.54 Å². The number of rotatable bonds is 5. The van der Waals surface area contributed by atoms with Gasteiger partial charge in [-0.3, -0.25) is 0 Å². The molecule has 0 amide bonds. The molecule has 1 aliphatic heterocycles. The molecule has 1 fully saturated rings. The number of hydrogen-bond acceptors (Lipinski definition) is 2. The number of para-hydroxylation sites is 1. The summed E-state index contributed by atoms with van der Waals surface area (Å²) in [5.41, 5.74) is 2.53. The van der Waals surface area contributed by atoms with Gasteiger partial charge < -0.3 is 14.5 Å². The number of benzene rings is 2. The van der Waals surface area contributed by atoms with E-state index < -0.39 is 0 Å². The van der Waals surface area contributed by atoms with Crippen LogP contribution < -0.4 is 14.5 Å². The molecule has 0 radical (unpaired) electrons. The second-order valence-corrected chi connectivity index (χ2v) is 6.37. The molecule has 1 N–H and O–H groups in total. The van der Waals surface area contributed by atoms with Gasteiger partial charge in [-0.2, -0.15) is 0 Å². The van der Waals surface area contributed by atoms with Gasteiger partial charge in [0.15, 0.2) is 0 Å². The first kappa shape index (κ1) is 16.2. The van der Waals surface area contributed by atoms with E-state index in [9.17, 15) is 0 Å². The van der Waals surface area contributed by atoms with Gasteiger partial charge >= 0.3 is 0 Å². The Morgan fingerprint density at radius 2 is 1.87 bits per heavy atom. The highest BCUT2D eigenvalue weighted by molar-refractivity contribution is 6.30. The van der Waals surface area contributed by atoms with E-state index in [1.54, 1.807) is 4.90 Å². The summed E-state index contributed by atoms with van der Waals surface area (Å²) in [7, 11) is 0. The van der Waals surface area contributed by atoms with E-state index in [2.05, 4.69) is 35.2 Å². The van der Waals surface area contributed by atoms with Crippen molar-refractivity contribution < 1.29 is 9.64 Å².